The summed E-state index contributed by atoms with van der Waals surface area (Å²) in [7, 11) is -2.17. The van der Waals surface area contributed by atoms with Crippen molar-refractivity contribution in [2.45, 2.75) is 109 Å². The van der Waals surface area contributed by atoms with Gasteiger partial charge in [0.15, 0.2) is 5.78 Å². The monoisotopic (exact) mass is 467 g/mol. The molecule has 10 nitrogen and oxygen atoms in total. The van der Waals surface area contributed by atoms with E-state index in [1.165, 1.54) is 70.6 Å². The van der Waals surface area contributed by atoms with Crippen LogP contribution in [-0.4, -0.2) is 79.9 Å². The summed E-state index contributed by atoms with van der Waals surface area (Å²) >= 11 is 0. The molecule has 192 valence electrons. The first-order valence-electron chi connectivity index (χ1n) is 11.6. The number of carbonyl (C=O) groups is 2. The Morgan fingerprint density at radius 2 is 1.12 bits per heavy atom. The van der Waals surface area contributed by atoms with Crippen LogP contribution in [0.1, 0.15) is 96.8 Å². The molecule has 11 heteroatoms. The Morgan fingerprint density at radius 3 is 1.41 bits per heavy atom. The molecule has 0 saturated carbocycles. The maximum absolute atomic E-state index is 10.5. The zero-order valence-electron chi connectivity index (χ0n) is 19.6. The zero-order valence-corrected chi connectivity index (χ0v) is 19.6. The minimum atomic E-state index is -2.17. The summed E-state index contributed by atoms with van der Waals surface area (Å²) in [5.74, 6) is -1.33. The predicted octanol–water partition coefficient (Wildman–Crippen LogP) is 0.729. The lowest BCUT2D eigenvalue weighted by atomic mass is 10.0. The minimum Gasteiger partial charge on any atom is -0.481 e. The molecule has 0 bridgehead atoms. The number of aliphatic carboxylic acids is 1. The lowest BCUT2D eigenvalue weighted by Gasteiger charge is -2.12. The van der Waals surface area contributed by atoms with Crippen molar-refractivity contribution in [3.63, 3.8) is 0 Å². The van der Waals surface area contributed by atoms with E-state index in [0.717, 1.165) is 12.8 Å². The van der Waals surface area contributed by atoms with Gasteiger partial charge in [-0.3, -0.25) is 9.59 Å². The summed E-state index contributed by atoms with van der Waals surface area (Å²) in [5.41, 5.74) is 4.86. The summed E-state index contributed by atoms with van der Waals surface area (Å²) < 4.78 is 0. The lowest BCUT2D eigenvalue weighted by molar-refractivity contribution is -0.137. The highest BCUT2D eigenvalue weighted by Crippen LogP contribution is 2.12. The molecule has 2 atom stereocenters. The number of hydrogen-bond acceptors (Lipinski definition) is 9. The van der Waals surface area contributed by atoms with E-state index >= 15 is 0 Å². The van der Waals surface area contributed by atoms with Crippen LogP contribution in [0.5, 0.6) is 0 Å². The number of ketones is 1. The van der Waals surface area contributed by atoms with E-state index in [9.17, 15) is 9.59 Å². The summed E-state index contributed by atoms with van der Waals surface area (Å²) in [4.78, 5) is 20.8. The molecule has 0 spiro atoms. The highest BCUT2D eigenvalue weighted by atomic mass is 16.5. The van der Waals surface area contributed by atoms with Crippen LogP contribution in [0.4, 0.5) is 0 Å². The van der Waals surface area contributed by atoms with Gasteiger partial charge in [-0.05, 0) is 6.42 Å². The third kappa shape index (κ3) is 33.6. The highest BCUT2D eigenvalue weighted by molar-refractivity contribution is 6.30. The van der Waals surface area contributed by atoms with E-state index in [4.69, 9.17) is 41.2 Å². The van der Waals surface area contributed by atoms with Gasteiger partial charge in [-0.25, -0.2) is 0 Å². The first-order chi connectivity index (χ1) is 15.1. The van der Waals surface area contributed by atoms with Crippen molar-refractivity contribution in [3.05, 3.63) is 0 Å². The van der Waals surface area contributed by atoms with Crippen molar-refractivity contribution < 1.29 is 45.1 Å². The van der Waals surface area contributed by atoms with Gasteiger partial charge in [0, 0.05) is 6.42 Å². The fraction of sp³-hybridized carbons (Fsp3) is 0.905. The minimum absolute atomic E-state index is 0.335. The molecule has 0 aliphatic rings. The van der Waals surface area contributed by atoms with Gasteiger partial charge >= 0.3 is 13.3 Å². The van der Waals surface area contributed by atoms with Crippen molar-refractivity contribution >= 4 is 19.1 Å². The number of rotatable bonds is 18. The molecule has 0 aliphatic heterocycles. The number of Topliss-reactive ketones (excluding diaryl/α,β-unsaturated/α-hetero) is 1. The highest BCUT2D eigenvalue weighted by Gasteiger charge is 2.21. The number of unbranched alkanes of at least 4 members (excludes halogenated alkanes) is 12. The first kappa shape index (κ1) is 35.5. The maximum Gasteiger partial charge on any atom is 0.631 e. The van der Waals surface area contributed by atoms with Gasteiger partial charge in [-0.15, -0.1) is 0 Å². The number of nitrogens with two attached hydrogens (primary N) is 1. The Hall–Kier alpha value is -1.08. The van der Waals surface area contributed by atoms with Crippen molar-refractivity contribution in [2.75, 3.05) is 13.2 Å². The van der Waals surface area contributed by atoms with Gasteiger partial charge < -0.3 is 41.2 Å². The number of carboxylic acids is 1. The molecule has 0 rings (SSSR count). The van der Waals surface area contributed by atoms with E-state index in [0.29, 0.717) is 6.42 Å². The molecule has 0 aromatic heterocycles. The standard InChI is InChI=1S/C16H32O2.C5H11NO4.BH3O3/c1-2-3-4-5-6-7-8-9-10-11-12-13-14-15-16(17)18;6-1-3(8)5(10)4(9)2-7;2-1(3)4/h2-15H2,1H3,(H,17,18);4-5,7,9-10H,1-2,6H2;2-4H. The van der Waals surface area contributed by atoms with Crippen LogP contribution >= 0.6 is 0 Å². The molecular weight excluding hydrogens is 421 g/mol. The topological polar surface area (TPSA) is 202 Å². The molecule has 2 unspecified atom stereocenters. The van der Waals surface area contributed by atoms with Gasteiger partial charge in [0.25, 0.3) is 0 Å². The van der Waals surface area contributed by atoms with Crippen LogP contribution in [-0.2, 0) is 9.59 Å². The number of aliphatic hydroxyl groups excluding tert-OH is 3. The largest absolute Gasteiger partial charge is 0.631 e. The smallest absolute Gasteiger partial charge is 0.481 e. The molecule has 0 amide bonds. The normalized spacial score (nSPS) is 12.0. The summed E-state index contributed by atoms with van der Waals surface area (Å²) in [6.07, 6.45) is 14.3. The molecule has 9 N–H and O–H groups in total. The van der Waals surface area contributed by atoms with E-state index in [1.807, 2.05) is 0 Å². The average Bonchev–Trinajstić information content (AvgIpc) is 2.75. The molecule has 0 heterocycles. The number of aliphatic hydroxyl groups is 3. The quantitative estimate of drug-likeness (QED) is 0.105. The van der Waals surface area contributed by atoms with Crippen LogP contribution in [0.2, 0.25) is 0 Å². The van der Waals surface area contributed by atoms with Crippen molar-refractivity contribution in [1.82, 2.24) is 0 Å². The van der Waals surface area contributed by atoms with Crippen molar-refractivity contribution in [1.29, 1.82) is 0 Å². The van der Waals surface area contributed by atoms with Gasteiger partial charge in [0.1, 0.15) is 12.2 Å². The Balaban J connectivity index is -0.000000502. The Kier molecular flexibility index (Phi) is 31.0. The van der Waals surface area contributed by atoms with Gasteiger partial charge in [-0.2, -0.15) is 0 Å². The second kappa shape index (κ2) is 28.0. The van der Waals surface area contributed by atoms with Crippen molar-refractivity contribution in [2.24, 2.45) is 5.73 Å². The molecule has 0 aromatic rings. The second-order valence-corrected chi connectivity index (χ2v) is 7.60. The Bertz CT molecular complexity index is 412. The van der Waals surface area contributed by atoms with Gasteiger partial charge in [-0.1, -0.05) is 84.0 Å². The number of carbonyl (C=O) groups excluding carboxylic acids is 1. The van der Waals surface area contributed by atoms with Crippen LogP contribution in [0.15, 0.2) is 0 Å². The molecule has 0 aliphatic carbocycles. The van der Waals surface area contributed by atoms with Crippen LogP contribution < -0.4 is 5.73 Å². The zero-order chi connectivity index (χ0) is 25.2. The second-order valence-electron chi connectivity index (χ2n) is 7.60. The summed E-state index contributed by atoms with van der Waals surface area (Å²) in [6.45, 7) is 1.28. The van der Waals surface area contributed by atoms with Crippen LogP contribution in [0.25, 0.3) is 0 Å². The fourth-order valence-electron chi connectivity index (χ4n) is 2.73. The van der Waals surface area contributed by atoms with Crippen molar-refractivity contribution in [3.8, 4) is 0 Å². The SMILES string of the molecule is CCCCCCCCCCCCCCCC(=O)O.NCC(=O)C(O)C(O)CO.OB(O)O. The van der Waals surface area contributed by atoms with Crippen LogP contribution in [0.3, 0.4) is 0 Å². The average molecular weight is 467 g/mol. The molecular formula is C21H46BNO9. The lowest BCUT2D eigenvalue weighted by Crippen LogP contribution is -2.39. The molecule has 0 aromatic carbocycles. The van der Waals surface area contributed by atoms with E-state index < -0.39 is 37.9 Å². The van der Waals surface area contributed by atoms with Gasteiger partial charge in [0.05, 0.1) is 13.2 Å². The summed E-state index contributed by atoms with van der Waals surface area (Å²) in [6, 6.07) is 0. The molecule has 0 fully saturated rings. The number of carboxylic acid groups (broad SMARTS) is 1. The first-order valence-corrected chi connectivity index (χ1v) is 11.6. The van der Waals surface area contributed by atoms with E-state index in [1.54, 1.807) is 0 Å². The third-order valence-corrected chi connectivity index (χ3v) is 4.58. The Labute approximate surface area is 192 Å². The van der Waals surface area contributed by atoms with Crippen LogP contribution in [0, 0.1) is 0 Å². The van der Waals surface area contributed by atoms with E-state index in [-0.39, 0.29) is 6.54 Å². The van der Waals surface area contributed by atoms with E-state index in [2.05, 4.69) is 6.92 Å². The fourth-order valence-corrected chi connectivity index (χ4v) is 2.73. The predicted molar refractivity (Wildman–Crippen MR) is 124 cm³/mol. The number of hydrogen-bond donors (Lipinski definition) is 8. The Morgan fingerprint density at radius 1 is 0.781 bits per heavy atom. The maximum atomic E-state index is 10.5. The third-order valence-electron chi connectivity index (χ3n) is 4.58. The summed E-state index contributed by atoms with van der Waals surface area (Å²) in [5, 5.41) is 55.6. The molecule has 0 saturated heterocycles. The molecule has 0 radical (unpaired) electrons. The molecule has 32 heavy (non-hydrogen) atoms. The van der Waals surface area contributed by atoms with Gasteiger partial charge in [0.2, 0.25) is 0 Å².